The van der Waals surface area contributed by atoms with Crippen molar-refractivity contribution in [2.24, 2.45) is 0 Å². The average Bonchev–Trinajstić information content (AvgIpc) is 2.55. The first-order chi connectivity index (χ1) is 12.6. The first-order valence-electron chi connectivity index (χ1n) is 7.38. The molecule has 151 valence electrons. The molecule has 0 aromatic heterocycles. The summed E-state index contributed by atoms with van der Waals surface area (Å²) in [6, 6.07) is 6.85. The molecule has 1 aromatic rings. The molecular formula is C19H19BrO7Pb-3. The number of halogens is 1. The molecule has 0 saturated heterocycles. The van der Waals surface area contributed by atoms with E-state index in [4.69, 9.17) is 24.5 Å². The van der Waals surface area contributed by atoms with E-state index in [2.05, 4.69) is 21.7 Å². The standard InChI is InChI=1S/C9H10O3.C6H4Br.2C2H4O2.Pb/c1-12-8-4-2-7(3-5-8)6-9(10)11;7-6-4-2-1-3-5-6;2*1-2(3)4;/h2-5H,6H2,1H3,(H,10,11);2-5H;2*1H3,(H,3,4);/p-3. The summed E-state index contributed by atoms with van der Waals surface area (Å²) in [6.07, 6.45) is 7.57. The molecule has 1 aliphatic rings. The second kappa shape index (κ2) is 19.8. The molecule has 0 unspecified atom stereocenters. The minimum atomic E-state index is -1.08. The molecule has 2 rings (SSSR count). The van der Waals surface area contributed by atoms with Gasteiger partial charge in [-0.25, -0.2) is 0 Å². The molecule has 0 aliphatic heterocycles. The van der Waals surface area contributed by atoms with Crippen molar-refractivity contribution in [3.05, 3.63) is 64.7 Å². The van der Waals surface area contributed by atoms with Crippen LogP contribution in [-0.2, 0) is 20.8 Å². The summed E-state index contributed by atoms with van der Waals surface area (Å²) < 4.78 is 6.01. The fourth-order valence-electron chi connectivity index (χ4n) is 1.28. The maximum absolute atomic E-state index is 10.2. The minimum absolute atomic E-state index is 0. The molecule has 1 aliphatic carbocycles. The Hall–Kier alpha value is -1.91. The van der Waals surface area contributed by atoms with Gasteiger partial charge in [0.25, 0.3) is 0 Å². The van der Waals surface area contributed by atoms with E-state index in [1.165, 1.54) is 0 Å². The van der Waals surface area contributed by atoms with Gasteiger partial charge in [-0.3, -0.25) is 0 Å². The first kappa shape index (κ1) is 30.8. The molecule has 0 spiro atoms. The fourth-order valence-corrected chi connectivity index (χ4v) is 1.54. The van der Waals surface area contributed by atoms with Crippen LogP contribution in [0, 0.1) is 6.42 Å². The summed E-state index contributed by atoms with van der Waals surface area (Å²) >= 11 is 3.29. The van der Waals surface area contributed by atoms with E-state index in [1.54, 1.807) is 31.4 Å². The molecule has 0 amide bonds. The maximum atomic E-state index is 10.2. The van der Waals surface area contributed by atoms with E-state index in [-0.39, 0.29) is 33.7 Å². The van der Waals surface area contributed by atoms with Gasteiger partial charge in [-0.05, 0) is 49.8 Å². The summed E-state index contributed by atoms with van der Waals surface area (Å²) in [6.45, 7) is 1.94. The van der Waals surface area contributed by atoms with Crippen molar-refractivity contribution in [2.45, 2.75) is 20.3 Å². The van der Waals surface area contributed by atoms with E-state index in [0.717, 1.165) is 29.6 Å². The van der Waals surface area contributed by atoms with Crippen LogP contribution in [0.1, 0.15) is 19.4 Å². The van der Waals surface area contributed by atoms with Gasteiger partial charge in [-0.15, -0.1) is 5.73 Å². The van der Waals surface area contributed by atoms with Crippen LogP contribution in [0.4, 0.5) is 0 Å². The van der Waals surface area contributed by atoms with Gasteiger partial charge in [0.15, 0.2) is 0 Å². The number of methoxy groups -OCH3 is 1. The number of hydrogen-bond acceptors (Lipinski definition) is 7. The SMILES string of the molecule is BrC1=CC=C=C[CH]1.CC(=O)[O-].CC(=O)[O-].COc1ccc(CC(=O)[O-])cc1.[Pb]. The molecule has 0 fully saturated rings. The van der Waals surface area contributed by atoms with Crippen molar-refractivity contribution >= 4 is 61.1 Å². The Balaban J connectivity index is -0.000000333. The molecule has 0 heterocycles. The van der Waals surface area contributed by atoms with Crippen LogP contribution in [0.15, 0.2) is 52.7 Å². The quantitative estimate of drug-likeness (QED) is 0.314. The van der Waals surface area contributed by atoms with Gasteiger partial charge in [-0.1, -0.05) is 28.1 Å². The van der Waals surface area contributed by atoms with E-state index < -0.39 is 17.9 Å². The average molecular weight is 646 g/mol. The van der Waals surface area contributed by atoms with Gasteiger partial charge in [-0.2, -0.15) is 0 Å². The molecular weight excluding hydrogens is 627 g/mol. The summed E-state index contributed by atoms with van der Waals surface area (Å²) in [4.78, 5) is 28.0. The molecule has 1 aromatic carbocycles. The molecule has 9 heteroatoms. The van der Waals surface area contributed by atoms with Crippen molar-refractivity contribution < 1.29 is 34.4 Å². The predicted octanol–water partition coefficient (Wildman–Crippen LogP) is -0.686. The van der Waals surface area contributed by atoms with Crippen molar-refractivity contribution in [3.8, 4) is 5.75 Å². The molecule has 7 nitrogen and oxygen atoms in total. The van der Waals surface area contributed by atoms with E-state index in [0.29, 0.717) is 0 Å². The van der Waals surface area contributed by atoms with Gasteiger partial charge in [0.05, 0.1) is 7.11 Å². The van der Waals surface area contributed by atoms with Crippen LogP contribution in [0.25, 0.3) is 0 Å². The minimum Gasteiger partial charge on any atom is -0.550 e. The number of allylic oxidation sites excluding steroid dienone is 3. The summed E-state index contributed by atoms with van der Waals surface area (Å²) in [5.41, 5.74) is 3.62. The number of carboxylic acids is 3. The van der Waals surface area contributed by atoms with Crippen LogP contribution < -0.4 is 20.1 Å². The van der Waals surface area contributed by atoms with Gasteiger partial charge in [0.1, 0.15) is 5.75 Å². The number of ether oxygens (including phenoxy) is 1. The van der Waals surface area contributed by atoms with Crippen LogP contribution >= 0.6 is 15.9 Å². The molecule has 0 atom stereocenters. The maximum Gasteiger partial charge on any atom is 0.118 e. The Bertz CT molecular complexity index is 671. The topological polar surface area (TPSA) is 130 Å². The number of carbonyl (C=O) groups is 3. The first-order valence-corrected chi connectivity index (χ1v) is 8.17. The largest absolute Gasteiger partial charge is 0.550 e. The van der Waals surface area contributed by atoms with Crippen molar-refractivity contribution in [2.75, 3.05) is 7.11 Å². The van der Waals surface area contributed by atoms with Crippen LogP contribution in [0.5, 0.6) is 5.75 Å². The van der Waals surface area contributed by atoms with Gasteiger partial charge < -0.3 is 34.4 Å². The molecule has 28 heavy (non-hydrogen) atoms. The Morgan fingerprint density at radius 1 is 1.00 bits per heavy atom. The number of rotatable bonds is 3. The van der Waals surface area contributed by atoms with Gasteiger partial charge >= 0.3 is 0 Å². The van der Waals surface area contributed by atoms with Crippen LogP contribution in [-0.4, -0.2) is 52.3 Å². The number of carboxylic acid groups (broad SMARTS) is 3. The van der Waals surface area contributed by atoms with Crippen molar-refractivity contribution in [1.29, 1.82) is 0 Å². The van der Waals surface area contributed by atoms with Crippen LogP contribution in [0.3, 0.4) is 0 Å². The molecule has 0 saturated carbocycles. The van der Waals surface area contributed by atoms with Crippen molar-refractivity contribution in [3.63, 3.8) is 0 Å². The van der Waals surface area contributed by atoms with Crippen LogP contribution in [0.2, 0.25) is 0 Å². The second-order valence-electron chi connectivity index (χ2n) is 4.60. The normalized spacial score (nSPS) is 10.1. The molecule has 0 bridgehead atoms. The summed E-state index contributed by atoms with van der Waals surface area (Å²) in [7, 11) is 1.56. The Kier molecular flexibility index (Phi) is 21.8. The third-order valence-electron chi connectivity index (χ3n) is 2.19. The third-order valence-corrected chi connectivity index (χ3v) is 2.71. The number of carbonyl (C=O) groups excluding carboxylic acids is 3. The summed E-state index contributed by atoms with van der Waals surface area (Å²) in [5, 5.41) is 28.0. The number of benzene rings is 1. The van der Waals surface area contributed by atoms with E-state index in [1.807, 2.05) is 24.6 Å². The third kappa shape index (κ3) is 26.3. The Morgan fingerprint density at radius 3 is 1.71 bits per heavy atom. The Labute approximate surface area is 192 Å². The van der Waals surface area contributed by atoms with Gasteiger partial charge in [0.2, 0.25) is 0 Å². The smallest absolute Gasteiger partial charge is 0.118 e. The number of hydrogen-bond donors (Lipinski definition) is 0. The number of aliphatic carboxylic acids is 3. The zero-order valence-corrected chi connectivity index (χ0v) is 21.0. The zero-order valence-electron chi connectivity index (χ0n) is 15.6. The second-order valence-corrected chi connectivity index (χ2v) is 5.51. The molecule has 0 N–H and O–H groups in total. The summed E-state index contributed by atoms with van der Waals surface area (Å²) in [5.74, 6) is -2.52. The monoisotopic (exact) mass is 646 g/mol. The molecule has 5 radical (unpaired) electrons. The van der Waals surface area contributed by atoms with E-state index >= 15 is 0 Å². The van der Waals surface area contributed by atoms with Gasteiger partial charge in [0, 0.05) is 62.5 Å². The predicted molar refractivity (Wildman–Crippen MR) is 103 cm³/mol. The Morgan fingerprint density at radius 2 is 1.46 bits per heavy atom. The van der Waals surface area contributed by atoms with Crippen molar-refractivity contribution in [1.82, 2.24) is 0 Å². The zero-order chi connectivity index (χ0) is 21.2. The van der Waals surface area contributed by atoms with E-state index in [9.17, 15) is 9.90 Å². The fraction of sp³-hybridized carbons (Fsp3) is 0.211.